The summed E-state index contributed by atoms with van der Waals surface area (Å²) in [6.45, 7) is 0.533. The van der Waals surface area contributed by atoms with Crippen LogP contribution in [0.2, 0.25) is 0 Å². The predicted molar refractivity (Wildman–Crippen MR) is 72.0 cm³/mol. The van der Waals surface area contributed by atoms with Crippen LogP contribution in [0.15, 0.2) is 42.7 Å². The van der Waals surface area contributed by atoms with Gasteiger partial charge in [0.25, 0.3) is 0 Å². The first-order valence-corrected chi connectivity index (χ1v) is 5.27. The van der Waals surface area contributed by atoms with Crippen LogP contribution in [0, 0.1) is 11.3 Å². The van der Waals surface area contributed by atoms with Gasteiger partial charge < -0.3 is 5.11 Å². The van der Waals surface area contributed by atoms with Crippen LogP contribution in [-0.2, 0) is 6.54 Å². The number of benzene rings is 1. The maximum atomic E-state index is 10.7. The van der Waals surface area contributed by atoms with Crippen molar-refractivity contribution in [2.45, 2.75) is 6.54 Å². The number of halogens is 1. The SMILES string of the molecule is Br.N#Cc1ccc(C[n+]2ccc(C(=O)O)cn2)cc1. The molecule has 0 aliphatic rings. The number of carbonyl (C=O) groups is 1. The number of hydrogen-bond acceptors (Lipinski definition) is 3. The third-order valence-electron chi connectivity index (χ3n) is 2.45. The lowest BCUT2D eigenvalue weighted by Gasteiger charge is -1.96. The molecule has 0 spiro atoms. The number of carboxylic acids is 1. The molecule has 0 fully saturated rings. The predicted octanol–water partition coefficient (Wildman–Crippen LogP) is 1.57. The first-order chi connectivity index (χ1) is 8.69. The van der Waals surface area contributed by atoms with E-state index in [1.54, 1.807) is 23.0 Å². The Morgan fingerprint density at radius 1 is 1.32 bits per heavy atom. The van der Waals surface area contributed by atoms with Gasteiger partial charge in [-0.15, -0.1) is 17.0 Å². The summed E-state index contributed by atoms with van der Waals surface area (Å²) < 4.78 is 1.63. The van der Waals surface area contributed by atoms with Gasteiger partial charge in [0.05, 0.1) is 17.2 Å². The van der Waals surface area contributed by atoms with E-state index in [1.807, 2.05) is 12.1 Å². The standard InChI is InChI=1S/C13H9N3O2.BrH/c14-7-10-1-3-11(4-2-10)9-16-6-5-12(8-15-16)13(17)18;/h1-6,8H,9H2;1H/p+1. The smallest absolute Gasteiger partial charge is 0.337 e. The first-order valence-electron chi connectivity index (χ1n) is 5.27. The minimum Gasteiger partial charge on any atom is -0.478 e. The Hall–Kier alpha value is -2.26. The molecule has 0 bridgehead atoms. The Balaban J connectivity index is 0.00000180. The monoisotopic (exact) mass is 320 g/mol. The maximum absolute atomic E-state index is 10.7. The third-order valence-corrected chi connectivity index (χ3v) is 2.45. The quantitative estimate of drug-likeness (QED) is 0.871. The molecule has 2 aromatic rings. The van der Waals surface area contributed by atoms with Gasteiger partial charge >= 0.3 is 5.97 Å². The molecule has 0 aliphatic carbocycles. The van der Waals surface area contributed by atoms with Crippen LogP contribution in [0.5, 0.6) is 0 Å². The first kappa shape index (κ1) is 14.8. The molecule has 1 heterocycles. The van der Waals surface area contributed by atoms with Gasteiger partial charge in [0.1, 0.15) is 6.20 Å². The van der Waals surface area contributed by atoms with Crippen molar-refractivity contribution in [1.82, 2.24) is 5.10 Å². The minimum atomic E-state index is -0.993. The van der Waals surface area contributed by atoms with E-state index in [0.717, 1.165) is 5.56 Å². The Labute approximate surface area is 120 Å². The molecule has 0 atom stereocenters. The van der Waals surface area contributed by atoms with E-state index in [-0.39, 0.29) is 22.5 Å². The second kappa shape index (κ2) is 6.61. The van der Waals surface area contributed by atoms with Gasteiger partial charge in [-0.1, -0.05) is 16.8 Å². The molecule has 6 heteroatoms. The van der Waals surface area contributed by atoms with Crippen molar-refractivity contribution in [3.05, 3.63) is 59.4 Å². The molecule has 5 nitrogen and oxygen atoms in total. The van der Waals surface area contributed by atoms with Crippen molar-refractivity contribution >= 4 is 23.0 Å². The van der Waals surface area contributed by atoms with E-state index in [4.69, 9.17) is 10.4 Å². The topological polar surface area (TPSA) is 77.9 Å². The van der Waals surface area contributed by atoms with Crippen LogP contribution in [0.25, 0.3) is 0 Å². The molecule has 0 amide bonds. The van der Waals surface area contributed by atoms with Crippen LogP contribution < -0.4 is 4.68 Å². The summed E-state index contributed by atoms with van der Waals surface area (Å²) in [5.41, 5.74) is 1.76. The molecule has 2 rings (SSSR count). The number of carboxylic acid groups (broad SMARTS) is 1. The minimum absolute atomic E-state index is 0. The molecule has 19 heavy (non-hydrogen) atoms. The molecule has 96 valence electrons. The van der Waals surface area contributed by atoms with Crippen LogP contribution in [0.4, 0.5) is 0 Å². The van der Waals surface area contributed by atoms with Gasteiger partial charge in [0.15, 0.2) is 12.7 Å². The van der Waals surface area contributed by atoms with Gasteiger partial charge in [0, 0.05) is 11.6 Å². The summed E-state index contributed by atoms with van der Waals surface area (Å²) in [5, 5.41) is 21.4. The summed E-state index contributed by atoms with van der Waals surface area (Å²) in [7, 11) is 0. The number of hydrogen-bond donors (Lipinski definition) is 1. The Morgan fingerprint density at radius 3 is 2.47 bits per heavy atom. The number of aromatic carboxylic acids is 1. The molecule has 0 unspecified atom stereocenters. The van der Waals surface area contributed by atoms with E-state index in [1.165, 1.54) is 12.3 Å². The van der Waals surface area contributed by atoms with E-state index in [2.05, 4.69) is 11.2 Å². The lowest BCUT2D eigenvalue weighted by molar-refractivity contribution is -0.746. The Bertz CT molecular complexity index is 603. The van der Waals surface area contributed by atoms with Crippen LogP contribution >= 0.6 is 17.0 Å². The number of aromatic nitrogens is 2. The zero-order chi connectivity index (χ0) is 13.0. The highest BCUT2D eigenvalue weighted by molar-refractivity contribution is 8.93. The fourth-order valence-corrected chi connectivity index (χ4v) is 1.48. The van der Waals surface area contributed by atoms with Crippen LogP contribution in [0.1, 0.15) is 21.5 Å². The summed E-state index contributed by atoms with van der Waals surface area (Å²) in [4.78, 5) is 10.7. The lowest BCUT2D eigenvalue weighted by Crippen LogP contribution is -2.38. The molecule has 0 saturated heterocycles. The largest absolute Gasteiger partial charge is 0.478 e. The van der Waals surface area contributed by atoms with Crippen molar-refractivity contribution in [3.8, 4) is 6.07 Å². The molecular weight excluding hydrogens is 310 g/mol. The molecule has 0 saturated carbocycles. The van der Waals surface area contributed by atoms with Gasteiger partial charge in [-0.25, -0.2) is 4.79 Å². The highest BCUT2D eigenvalue weighted by atomic mass is 79.9. The van der Waals surface area contributed by atoms with Gasteiger partial charge in [-0.05, 0) is 17.2 Å². The average molecular weight is 321 g/mol. The molecule has 0 radical (unpaired) electrons. The highest BCUT2D eigenvalue weighted by Gasteiger charge is 2.08. The highest BCUT2D eigenvalue weighted by Crippen LogP contribution is 2.02. The number of rotatable bonds is 3. The Kier molecular flexibility index (Phi) is 5.15. The average Bonchev–Trinajstić information content (AvgIpc) is 2.40. The van der Waals surface area contributed by atoms with E-state index in [0.29, 0.717) is 12.1 Å². The maximum Gasteiger partial charge on any atom is 0.337 e. The summed E-state index contributed by atoms with van der Waals surface area (Å²) in [6, 6.07) is 10.7. The zero-order valence-electron chi connectivity index (χ0n) is 9.85. The summed E-state index contributed by atoms with van der Waals surface area (Å²) >= 11 is 0. The molecule has 0 aliphatic heterocycles. The third kappa shape index (κ3) is 3.86. The van der Waals surface area contributed by atoms with Crippen molar-refractivity contribution in [3.63, 3.8) is 0 Å². The van der Waals surface area contributed by atoms with E-state index >= 15 is 0 Å². The molecule has 1 N–H and O–H groups in total. The molecule has 1 aromatic heterocycles. The Morgan fingerprint density at radius 2 is 2.00 bits per heavy atom. The van der Waals surface area contributed by atoms with Crippen molar-refractivity contribution < 1.29 is 14.6 Å². The van der Waals surface area contributed by atoms with Gasteiger partial charge in [-0.2, -0.15) is 5.26 Å². The van der Waals surface area contributed by atoms with Gasteiger partial charge in [-0.3, -0.25) is 0 Å². The summed E-state index contributed by atoms with van der Waals surface area (Å²) in [5.74, 6) is -0.993. The second-order valence-corrected chi connectivity index (χ2v) is 3.73. The second-order valence-electron chi connectivity index (χ2n) is 3.73. The summed E-state index contributed by atoms with van der Waals surface area (Å²) in [6.07, 6.45) is 2.92. The fraction of sp³-hybridized carbons (Fsp3) is 0.0769. The van der Waals surface area contributed by atoms with Crippen LogP contribution in [0.3, 0.4) is 0 Å². The van der Waals surface area contributed by atoms with Gasteiger partial charge in [0.2, 0.25) is 0 Å². The molecule has 1 aromatic carbocycles. The normalized spacial score (nSPS) is 9.21. The fourth-order valence-electron chi connectivity index (χ4n) is 1.48. The number of nitrogens with zero attached hydrogens (tertiary/aromatic N) is 3. The van der Waals surface area contributed by atoms with Crippen molar-refractivity contribution in [2.75, 3.05) is 0 Å². The van der Waals surface area contributed by atoms with E-state index < -0.39 is 5.97 Å². The van der Waals surface area contributed by atoms with E-state index in [9.17, 15) is 4.79 Å². The molecular formula is C13H11BrN3O2+. The van der Waals surface area contributed by atoms with Crippen molar-refractivity contribution in [1.29, 1.82) is 5.26 Å². The number of nitriles is 1. The zero-order valence-corrected chi connectivity index (χ0v) is 11.6. The van der Waals surface area contributed by atoms with Crippen LogP contribution in [-0.4, -0.2) is 16.2 Å². The lowest BCUT2D eigenvalue weighted by atomic mass is 10.1. The van der Waals surface area contributed by atoms with Crippen molar-refractivity contribution in [2.24, 2.45) is 0 Å².